The number of furan rings is 1. The Balaban J connectivity index is 0.000000497. The molecule has 2 heterocycles. The fraction of sp³-hybridized carbons (Fsp3) is 0.118. The quantitative estimate of drug-likeness (QED) is 0.499. The van der Waals surface area contributed by atoms with Gasteiger partial charge in [-0.2, -0.15) is 0 Å². The summed E-state index contributed by atoms with van der Waals surface area (Å²) in [6.45, 7) is 3.90. The van der Waals surface area contributed by atoms with Crippen LogP contribution in [0.15, 0.2) is 40.1 Å². The van der Waals surface area contributed by atoms with Crippen LogP contribution in [-0.4, -0.2) is 11.6 Å². The van der Waals surface area contributed by atoms with Crippen LogP contribution in [0.1, 0.15) is 21.8 Å². The Labute approximate surface area is 126 Å². The Morgan fingerprint density at radius 1 is 1.24 bits per heavy atom. The molecule has 0 bridgehead atoms. The summed E-state index contributed by atoms with van der Waals surface area (Å²) in [5.41, 5.74) is 3.27. The molecule has 0 fully saturated rings. The summed E-state index contributed by atoms with van der Waals surface area (Å²) < 4.78 is 5.78. The third-order valence-electron chi connectivity index (χ3n) is 2.91. The molecular formula is C17H14O3S. The fourth-order valence-electron chi connectivity index (χ4n) is 1.92. The van der Waals surface area contributed by atoms with Crippen molar-refractivity contribution in [2.24, 2.45) is 0 Å². The van der Waals surface area contributed by atoms with Crippen LogP contribution < -0.4 is 0 Å². The van der Waals surface area contributed by atoms with E-state index >= 15 is 0 Å². The van der Waals surface area contributed by atoms with Gasteiger partial charge in [0.1, 0.15) is 5.58 Å². The van der Waals surface area contributed by atoms with Crippen LogP contribution in [0.5, 0.6) is 0 Å². The van der Waals surface area contributed by atoms with E-state index in [1.165, 1.54) is 5.56 Å². The molecule has 0 aliphatic carbocycles. The summed E-state index contributed by atoms with van der Waals surface area (Å²) in [6, 6.07) is 10.2. The first-order valence-corrected chi connectivity index (χ1v) is 7.17. The summed E-state index contributed by atoms with van der Waals surface area (Å²) >= 11 is 1.64. The second kappa shape index (κ2) is 6.78. The van der Waals surface area contributed by atoms with Gasteiger partial charge in [-0.05, 0) is 49.3 Å². The van der Waals surface area contributed by atoms with Crippen LogP contribution >= 0.6 is 11.3 Å². The molecule has 0 saturated carbocycles. The highest BCUT2D eigenvalue weighted by molar-refractivity contribution is 7.10. The smallest absolute Gasteiger partial charge is 0.290 e. The van der Waals surface area contributed by atoms with Gasteiger partial charge in [0.15, 0.2) is 5.76 Å². The molecular weight excluding hydrogens is 284 g/mol. The van der Waals surface area contributed by atoms with Crippen LogP contribution in [-0.2, 0) is 4.79 Å². The molecule has 3 aromatic rings. The Kier molecular flexibility index (Phi) is 4.81. The molecule has 21 heavy (non-hydrogen) atoms. The van der Waals surface area contributed by atoms with E-state index in [0.29, 0.717) is 0 Å². The van der Waals surface area contributed by atoms with Crippen LogP contribution in [0.25, 0.3) is 11.0 Å². The number of aryl methyl sites for hydroxylation is 2. The van der Waals surface area contributed by atoms with Crippen molar-refractivity contribution in [2.45, 2.75) is 13.8 Å². The van der Waals surface area contributed by atoms with Crippen LogP contribution in [0, 0.1) is 25.7 Å². The van der Waals surface area contributed by atoms with Gasteiger partial charge in [-0.15, -0.1) is 11.3 Å². The van der Waals surface area contributed by atoms with E-state index in [1.54, 1.807) is 11.3 Å². The predicted octanol–water partition coefficient (Wildman–Crippen LogP) is 4.21. The zero-order valence-electron chi connectivity index (χ0n) is 11.7. The number of fused-ring (bicyclic) bond motifs is 1. The lowest BCUT2D eigenvalue weighted by Crippen LogP contribution is -1.75. The molecule has 0 saturated heterocycles. The molecule has 0 spiro atoms. The highest BCUT2D eigenvalue weighted by Crippen LogP contribution is 2.25. The van der Waals surface area contributed by atoms with Crippen molar-refractivity contribution >= 4 is 28.8 Å². The number of rotatable bonds is 0. The van der Waals surface area contributed by atoms with Crippen molar-refractivity contribution in [3.63, 3.8) is 0 Å². The number of carbonyl (C=O) groups is 1. The number of hydrogen-bond donors (Lipinski definition) is 1. The van der Waals surface area contributed by atoms with Crippen molar-refractivity contribution in [1.82, 2.24) is 0 Å². The van der Waals surface area contributed by atoms with E-state index in [2.05, 4.69) is 37.8 Å². The van der Waals surface area contributed by atoms with Gasteiger partial charge < -0.3 is 9.52 Å². The Bertz CT molecular complexity index is 802. The van der Waals surface area contributed by atoms with Crippen molar-refractivity contribution in [2.75, 3.05) is 0 Å². The van der Waals surface area contributed by atoms with Gasteiger partial charge in [0.25, 0.3) is 6.47 Å². The second-order valence-electron chi connectivity index (χ2n) is 4.39. The summed E-state index contributed by atoms with van der Waals surface area (Å²) in [4.78, 5) is 9.42. The standard InChI is InChI=1S/C16H12OS.CH2O2/c1-11-5-7-16-14(10-11)12(2)15(17-16)8-6-13-4-3-9-18-13;2-1-3/h3-5,7,9-10H,1-2H3;1H,(H,2,3). The topological polar surface area (TPSA) is 50.4 Å². The average molecular weight is 298 g/mol. The van der Waals surface area contributed by atoms with E-state index in [1.807, 2.05) is 23.6 Å². The monoisotopic (exact) mass is 298 g/mol. The number of carboxylic acid groups (broad SMARTS) is 1. The Hall–Kier alpha value is -2.51. The molecule has 3 nitrogen and oxygen atoms in total. The third-order valence-corrected chi connectivity index (χ3v) is 3.70. The van der Waals surface area contributed by atoms with Gasteiger partial charge in [0.05, 0.1) is 4.88 Å². The highest BCUT2D eigenvalue weighted by Gasteiger charge is 2.08. The summed E-state index contributed by atoms with van der Waals surface area (Å²) in [5, 5.41) is 10.1. The first-order valence-electron chi connectivity index (χ1n) is 6.29. The number of benzene rings is 1. The van der Waals surface area contributed by atoms with Crippen molar-refractivity contribution in [1.29, 1.82) is 0 Å². The van der Waals surface area contributed by atoms with Gasteiger partial charge in [0, 0.05) is 10.9 Å². The van der Waals surface area contributed by atoms with Gasteiger partial charge in [-0.1, -0.05) is 17.7 Å². The lowest BCUT2D eigenvalue weighted by Gasteiger charge is -1.91. The van der Waals surface area contributed by atoms with E-state index in [0.717, 1.165) is 27.2 Å². The molecule has 0 amide bonds. The number of thiophene rings is 1. The molecule has 0 aliphatic rings. The van der Waals surface area contributed by atoms with Crippen LogP contribution in [0.4, 0.5) is 0 Å². The van der Waals surface area contributed by atoms with Gasteiger partial charge in [-0.25, -0.2) is 0 Å². The first kappa shape index (κ1) is 14.9. The minimum absolute atomic E-state index is 0.250. The molecule has 0 unspecified atom stereocenters. The Morgan fingerprint density at radius 2 is 2.00 bits per heavy atom. The molecule has 2 aromatic heterocycles. The predicted molar refractivity (Wildman–Crippen MR) is 84.7 cm³/mol. The van der Waals surface area contributed by atoms with E-state index in [-0.39, 0.29) is 6.47 Å². The maximum absolute atomic E-state index is 8.36. The van der Waals surface area contributed by atoms with E-state index < -0.39 is 0 Å². The maximum atomic E-state index is 8.36. The first-order chi connectivity index (χ1) is 10.2. The fourth-order valence-corrected chi connectivity index (χ4v) is 2.49. The van der Waals surface area contributed by atoms with E-state index in [4.69, 9.17) is 14.3 Å². The lowest BCUT2D eigenvalue weighted by molar-refractivity contribution is -0.122. The lowest BCUT2D eigenvalue weighted by atomic mass is 10.1. The van der Waals surface area contributed by atoms with E-state index in [9.17, 15) is 0 Å². The maximum Gasteiger partial charge on any atom is 0.290 e. The molecule has 4 heteroatoms. The summed E-state index contributed by atoms with van der Waals surface area (Å²) in [6.07, 6.45) is 0. The zero-order valence-corrected chi connectivity index (χ0v) is 12.5. The SMILES string of the molecule is Cc1ccc2oc(C#Cc3cccs3)c(C)c2c1.O=CO. The molecule has 0 atom stereocenters. The van der Waals surface area contributed by atoms with Crippen LogP contribution in [0.2, 0.25) is 0 Å². The molecule has 3 rings (SSSR count). The van der Waals surface area contributed by atoms with Crippen molar-refractivity contribution < 1.29 is 14.3 Å². The second-order valence-corrected chi connectivity index (χ2v) is 5.34. The molecule has 1 N–H and O–H groups in total. The molecule has 0 aliphatic heterocycles. The normalized spacial score (nSPS) is 9.43. The van der Waals surface area contributed by atoms with Crippen molar-refractivity contribution in [3.8, 4) is 11.8 Å². The highest BCUT2D eigenvalue weighted by atomic mass is 32.1. The van der Waals surface area contributed by atoms with Gasteiger partial charge >= 0.3 is 0 Å². The summed E-state index contributed by atoms with van der Waals surface area (Å²) in [5.74, 6) is 7.02. The summed E-state index contributed by atoms with van der Waals surface area (Å²) in [7, 11) is 0. The van der Waals surface area contributed by atoms with Crippen LogP contribution in [0.3, 0.4) is 0 Å². The minimum atomic E-state index is -0.250. The number of hydrogen-bond acceptors (Lipinski definition) is 3. The van der Waals surface area contributed by atoms with Gasteiger partial charge in [0.2, 0.25) is 0 Å². The van der Waals surface area contributed by atoms with Crippen molar-refractivity contribution in [3.05, 3.63) is 57.5 Å². The molecule has 0 radical (unpaired) electrons. The molecule has 1 aromatic carbocycles. The average Bonchev–Trinajstić information content (AvgIpc) is 3.07. The minimum Gasteiger partial charge on any atom is -0.483 e. The largest absolute Gasteiger partial charge is 0.483 e. The Morgan fingerprint density at radius 3 is 2.67 bits per heavy atom. The molecule has 106 valence electrons. The zero-order chi connectivity index (χ0) is 15.2. The van der Waals surface area contributed by atoms with Gasteiger partial charge in [-0.3, -0.25) is 4.79 Å². The third kappa shape index (κ3) is 3.53.